The van der Waals surface area contributed by atoms with Gasteiger partial charge in [0.1, 0.15) is 5.69 Å². The van der Waals surface area contributed by atoms with E-state index in [2.05, 4.69) is 81.8 Å². The van der Waals surface area contributed by atoms with Crippen LogP contribution in [0.2, 0.25) is 0 Å². The Kier molecular flexibility index (Phi) is 5.93. The monoisotopic (exact) mass is 482 g/mol. The second kappa shape index (κ2) is 8.96. The number of quaternary nitrogens is 1. The number of alkyl halides is 3. The van der Waals surface area contributed by atoms with Gasteiger partial charge in [-0.1, -0.05) is 72.8 Å². The number of nitrogens with zero attached hydrogens (tertiary/aromatic N) is 1. The largest absolute Gasteiger partial charge is 0.416 e. The molecule has 36 heavy (non-hydrogen) atoms. The number of hydrogen-bond acceptors (Lipinski definition) is 0. The van der Waals surface area contributed by atoms with Crippen molar-refractivity contribution < 1.29 is 13.2 Å². The highest BCUT2D eigenvalue weighted by molar-refractivity contribution is 5.99. The molecule has 0 unspecified atom stereocenters. The molecule has 1 nitrogen and oxygen atoms in total. The van der Waals surface area contributed by atoms with Crippen LogP contribution in [0.1, 0.15) is 5.56 Å². The standard InChI is InChI=1S/C32H27F3N/c1-36(2,3)29-11-5-8-24(21-29)25-15-18-31-27(20-25)10-6-12-30(31)26-9-4-7-23(19-26)22-13-16-28(17-14-22)32(33,34)35/h4-21H,1-3H3/q+1. The molecular formula is C32H27F3N+. The molecule has 0 aromatic heterocycles. The highest BCUT2D eigenvalue weighted by Gasteiger charge is 2.30. The van der Waals surface area contributed by atoms with Crippen molar-refractivity contribution in [3.63, 3.8) is 0 Å². The molecule has 0 aliphatic heterocycles. The predicted molar refractivity (Wildman–Crippen MR) is 145 cm³/mol. The van der Waals surface area contributed by atoms with Crippen LogP contribution in [0.15, 0.2) is 109 Å². The minimum absolute atomic E-state index is 0.640. The zero-order valence-electron chi connectivity index (χ0n) is 20.5. The van der Waals surface area contributed by atoms with Crippen LogP contribution < -0.4 is 4.48 Å². The Morgan fingerprint density at radius 2 is 1.11 bits per heavy atom. The third-order valence-electron chi connectivity index (χ3n) is 6.55. The Balaban J connectivity index is 1.53. The summed E-state index contributed by atoms with van der Waals surface area (Å²) in [5, 5.41) is 2.27. The maximum absolute atomic E-state index is 13.0. The van der Waals surface area contributed by atoms with Gasteiger partial charge in [-0.2, -0.15) is 13.2 Å². The molecule has 0 atom stereocenters. The average Bonchev–Trinajstić information content (AvgIpc) is 2.87. The molecule has 5 aromatic carbocycles. The van der Waals surface area contributed by atoms with Gasteiger partial charge in [0, 0.05) is 6.07 Å². The molecule has 0 aliphatic carbocycles. The first-order valence-corrected chi connectivity index (χ1v) is 11.8. The van der Waals surface area contributed by atoms with E-state index in [9.17, 15) is 13.2 Å². The zero-order chi connectivity index (χ0) is 25.5. The number of rotatable bonds is 4. The Hall–Kier alpha value is -3.89. The van der Waals surface area contributed by atoms with E-state index >= 15 is 0 Å². The SMILES string of the molecule is C[N+](C)(C)c1cccc(-c2ccc3c(-c4cccc(-c5ccc(C(F)(F)F)cc5)c4)cccc3c2)c1. The molecule has 0 saturated carbocycles. The molecule has 0 aliphatic rings. The molecule has 4 heteroatoms. The van der Waals surface area contributed by atoms with Crippen LogP contribution in [0, 0.1) is 0 Å². The molecule has 0 amide bonds. The summed E-state index contributed by atoms with van der Waals surface area (Å²) in [7, 11) is 6.47. The highest BCUT2D eigenvalue weighted by atomic mass is 19.4. The average molecular weight is 483 g/mol. The van der Waals surface area contributed by atoms with Crippen molar-refractivity contribution in [2.75, 3.05) is 21.1 Å². The molecule has 0 heterocycles. The number of hydrogen-bond donors (Lipinski definition) is 0. The van der Waals surface area contributed by atoms with E-state index in [0.717, 1.165) is 55.2 Å². The van der Waals surface area contributed by atoms with Crippen LogP contribution in [0.25, 0.3) is 44.2 Å². The maximum Gasteiger partial charge on any atom is 0.416 e. The van der Waals surface area contributed by atoms with Gasteiger partial charge < -0.3 is 0 Å². The lowest BCUT2D eigenvalue weighted by Crippen LogP contribution is -2.34. The summed E-state index contributed by atoms with van der Waals surface area (Å²) < 4.78 is 39.6. The molecule has 0 spiro atoms. The molecule has 180 valence electrons. The fourth-order valence-corrected chi connectivity index (χ4v) is 4.54. The molecule has 0 N–H and O–H groups in total. The summed E-state index contributed by atoms with van der Waals surface area (Å²) in [5.74, 6) is 0. The van der Waals surface area contributed by atoms with Gasteiger partial charge in [0.2, 0.25) is 0 Å². The van der Waals surface area contributed by atoms with E-state index in [4.69, 9.17) is 0 Å². The summed E-state index contributed by atoms with van der Waals surface area (Å²) in [6.07, 6.45) is -4.34. The van der Waals surface area contributed by atoms with Gasteiger partial charge in [0.15, 0.2) is 0 Å². The first-order chi connectivity index (χ1) is 17.1. The van der Waals surface area contributed by atoms with Crippen molar-refractivity contribution in [1.82, 2.24) is 4.48 Å². The molecule has 5 aromatic rings. The predicted octanol–water partition coefficient (Wildman–Crippen LogP) is 9.06. The summed E-state index contributed by atoms with van der Waals surface area (Å²) in [5.41, 5.74) is 6.69. The van der Waals surface area contributed by atoms with Gasteiger partial charge in [0.25, 0.3) is 0 Å². The van der Waals surface area contributed by atoms with Crippen LogP contribution in [0.5, 0.6) is 0 Å². The van der Waals surface area contributed by atoms with Gasteiger partial charge in [-0.3, -0.25) is 4.48 Å². The Labute approximate surface area is 209 Å². The zero-order valence-corrected chi connectivity index (χ0v) is 20.5. The number of halogens is 3. The van der Waals surface area contributed by atoms with E-state index < -0.39 is 11.7 Å². The highest BCUT2D eigenvalue weighted by Crippen LogP contribution is 2.35. The lowest BCUT2D eigenvalue weighted by molar-refractivity contribution is -0.137. The van der Waals surface area contributed by atoms with Crippen molar-refractivity contribution in [1.29, 1.82) is 0 Å². The second-order valence-corrected chi connectivity index (χ2v) is 9.96. The number of fused-ring (bicyclic) bond motifs is 1. The molecule has 0 bridgehead atoms. The van der Waals surface area contributed by atoms with E-state index in [0.29, 0.717) is 0 Å². The topological polar surface area (TPSA) is 0 Å². The fourth-order valence-electron chi connectivity index (χ4n) is 4.54. The van der Waals surface area contributed by atoms with Crippen LogP contribution in [0.4, 0.5) is 18.9 Å². The van der Waals surface area contributed by atoms with Crippen LogP contribution in [0.3, 0.4) is 0 Å². The summed E-state index contributed by atoms with van der Waals surface area (Å²) in [6.45, 7) is 0. The van der Waals surface area contributed by atoms with Crippen molar-refractivity contribution in [2.24, 2.45) is 0 Å². The van der Waals surface area contributed by atoms with Gasteiger partial charge in [-0.25, -0.2) is 0 Å². The van der Waals surface area contributed by atoms with Crippen LogP contribution in [-0.4, -0.2) is 21.1 Å². The first-order valence-electron chi connectivity index (χ1n) is 11.8. The van der Waals surface area contributed by atoms with Crippen LogP contribution >= 0.6 is 0 Å². The Morgan fingerprint density at radius 1 is 0.528 bits per heavy atom. The lowest BCUT2D eigenvalue weighted by Gasteiger charge is -2.23. The smallest absolute Gasteiger partial charge is 0.298 e. The van der Waals surface area contributed by atoms with E-state index in [1.165, 1.54) is 23.4 Å². The van der Waals surface area contributed by atoms with Crippen molar-refractivity contribution in [3.05, 3.63) is 115 Å². The lowest BCUT2D eigenvalue weighted by atomic mass is 9.93. The van der Waals surface area contributed by atoms with E-state index in [-0.39, 0.29) is 0 Å². The maximum atomic E-state index is 13.0. The Morgan fingerprint density at radius 3 is 1.81 bits per heavy atom. The summed E-state index contributed by atoms with van der Waals surface area (Å²) >= 11 is 0. The Bertz CT molecular complexity index is 1540. The second-order valence-electron chi connectivity index (χ2n) is 9.96. The molecule has 0 radical (unpaired) electrons. The molecule has 0 fully saturated rings. The van der Waals surface area contributed by atoms with E-state index in [1.54, 1.807) is 0 Å². The minimum atomic E-state index is -4.34. The minimum Gasteiger partial charge on any atom is -0.298 e. The first kappa shape index (κ1) is 23.8. The summed E-state index contributed by atoms with van der Waals surface area (Å²) in [6, 6.07) is 34.7. The van der Waals surface area contributed by atoms with Gasteiger partial charge in [-0.15, -0.1) is 0 Å². The molecule has 0 saturated heterocycles. The normalized spacial score (nSPS) is 12.2. The van der Waals surface area contributed by atoms with Crippen molar-refractivity contribution in [2.45, 2.75) is 6.18 Å². The fraction of sp³-hybridized carbons (Fsp3) is 0.125. The molecular weight excluding hydrogens is 455 g/mol. The van der Waals surface area contributed by atoms with Gasteiger partial charge >= 0.3 is 6.18 Å². The quantitative estimate of drug-likeness (QED) is 0.224. The van der Waals surface area contributed by atoms with Crippen molar-refractivity contribution >= 4 is 16.5 Å². The third-order valence-corrected chi connectivity index (χ3v) is 6.55. The van der Waals surface area contributed by atoms with E-state index in [1.807, 2.05) is 24.3 Å². The summed E-state index contributed by atoms with van der Waals surface area (Å²) in [4.78, 5) is 0. The molecule has 5 rings (SSSR count). The van der Waals surface area contributed by atoms with Crippen molar-refractivity contribution in [3.8, 4) is 33.4 Å². The number of benzene rings is 5. The van der Waals surface area contributed by atoms with Crippen LogP contribution in [-0.2, 0) is 6.18 Å². The van der Waals surface area contributed by atoms with Gasteiger partial charge in [-0.05, 0) is 74.5 Å². The van der Waals surface area contributed by atoms with Gasteiger partial charge in [0.05, 0.1) is 26.7 Å². The third kappa shape index (κ3) is 4.77.